The smallest absolute Gasteiger partial charge is 0.258 e. The number of halogens is 1. The van der Waals surface area contributed by atoms with Gasteiger partial charge in [0.25, 0.3) is 11.8 Å². The van der Waals surface area contributed by atoms with Gasteiger partial charge in [-0.2, -0.15) is 0 Å². The first-order chi connectivity index (χ1) is 4.72. The number of hydrogen-bond acceptors (Lipinski definition) is 2. The van der Waals surface area contributed by atoms with Crippen molar-refractivity contribution in [2.24, 2.45) is 0 Å². The van der Waals surface area contributed by atoms with Crippen LogP contribution in [-0.2, 0) is 9.59 Å². The Bertz CT molecular complexity index is 151. The van der Waals surface area contributed by atoms with E-state index in [2.05, 4.69) is 0 Å². The molecule has 3 nitrogen and oxygen atoms in total. The third-order valence-electron chi connectivity index (χ3n) is 1.47. The molecule has 1 saturated heterocycles. The summed E-state index contributed by atoms with van der Waals surface area (Å²) < 4.78 is 12.4. The second-order valence-corrected chi connectivity index (χ2v) is 2.28. The molecule has 1 aliphatic heterocycles. The number of carbonyl (C=O) groups excluding carboxylic acids is 2. The van der Waals surface area contributed by atoms with Crippen molar-refractivity contribution >= 4 is 11.8 Å². The van der Waals surface area contributed by atoms with Gasteiger partial charge in [-0.1, -0.05) is 4.48 Å². The van der Waals surface area contributed by atoms with Crippen LogP contribution in [0.1, 0.15) is 25.7 Å². The zero-order valence-electron chi connectivity index (χ0n) is 5.47. The number of carbonyl (C=O) groups is 2. The summed E-state index contributed by atoms with van der Waals surface area (Å²) >= 11 is 0. The van der Waals surface area contributed by atoms with E-state index in [-0.39, 0.29) is 18.0 Å². The van der Waals surface area contributed by atoms with E-state index in [4.69, 9.17) is 0 Å². The Balaban J connectivity index is 2.64. The van der Waals surface area contributed by atoms with E-state index in [0.29, 0.717) is 12.8 Å². The number of imide groups is 1. The molecule has 0 aliphatic carbocycles. The summed E-state index contributed by atoms with van der Waals surface area (Å²) in [5.41, 5.74) is 0. The molecule has 1 heterocycles. The van der Waals surface area contributed by atoms with Crippen LogP contribution in [-0.4, -0.2) is 16.9 Å². The fraction of sp³-hybridized carbons (Fsp3) is 0.667. The van der Waals surface area contributed by atoms with Crippen molar-refractivity contribution in [2.75, 3.05) is 0 Å². The Morgan fingerprint density at radius 1 is 1.10 bits per heavy atom. The molecule has 0 N–H and O–H groups in total. The van der Waals surface area contributed by atoms with Gasteiger partial charge in [-0.25, -0.2) is 0 Å². The van der Waals surface area contributed by atoms with Crippen LogP contribution in [0.3, 0.4) is 0 Å². The average molecular weight is 145 g/mol. The summed E-state index contributed by atoms with van der Waals surface area (Å²) in [5.74, 6) is -1.41. The van der Waals surface area contributed by atoms with Crippen LogP contribution in [0, 0.1) is 0 Å². The highest BCUT2D eigenvalue weighted by molar-refractivity contribution is 5.94. The molecule has 0 aromatic rings. The molecule has 2 amide bonds. The Morgan fingerprint density at radius 3 is 1.90 bits per heavy atom. The van der Waals surface area contributed by atoms with Crippen LogP contribution >= 0.6 is 0 Å². The van der Waals surface area contributed by atoms with Gasteiger partial charge in [0.2, 0.25) is 0 Å². The molecular formula is C6H8FNO2. The maximum atomic E-state index is 12.4. The van der Waals surface area contributed by atoms with Gasteiger partial charge in [0.15, 0.2) is 0 Å². The monoisotopic (exact) mass is 145 g/mol. The van der Waals surface area contributed by atoms with Crippen molar-refractivity contribution in [1.29, 1.82) is 0 Å². The third-order valence-corrected chi connectivity index (χ3v) is 1.47. The predicted molar refractivity (Wildman–Crippen MR) is 31.4 cm³/mol. The molecule has 0 spiro atoms. The van der Waals surface area contributed by atoms with E-state index in [1.165, 1.54) is 0 Å². The number of nitrogens with zero attached hydrogens (tertiary/aromatic N) is 1. The van der Waals surface area contributed by atoms with Gasteiger partial charge >= 0.3 is 0 Å². The van der Waals surface area contributed by atoms with E-state index in [0.717, 1.165) is 0 Å². The summed E-state index contributed by atoms with van der Waals surface area (Å²) in [6.45, 7) is 0. The molecule has 0 aromatic heterocycles. The lowest BCUT2D eigenvalue weighted by Crippen LogP contribution is -2.26. The molecule has 0 unspecified atom stereocenters. The van der Waals surface area contributed by atoms with Crippen molar-refractivity contribution in [2.45, 2.75) is 25.7 Å². The largest absolute Gasteiger partial charge is 0.272 e. The van der Waals surface area contributed by atoms with Gasteiger partial charge in [-0.15, -0.1) is 5.12 Å². The van der Waals surface area contributed by atoms with Crippen molar-refractivity contribution in [3.63, 3.8) is 0 Å². The van der Waals surface area contributed by atoms with Crippen molar-refractivity contribution < 1.29 is 14.1 Å². The van der Waals surface area contributed by atoms with Gasteiger partial charge in [0.1, 0.15) is 0 Å². The van der Waals surface area contributed by atoms with Gasteiger partial charge in [-0.05, 0) is 12.8 Å². The predicted octanol–water partition coefficient (Wildman–Crippen LogP) is 0.800. The van der Waals surface area contributed by atoms with E-state index < -0.39 is 11.8 Å². The fourth-order valence-electron chi connectivity index (χ4n) is 0.888. The lowest BCUT2D eigenvalue weighted by molar-refractivity contribution is -0.160. The van der Waals surface area contributed by atoms with Gasteiger partial charge in [0.05, 0.1) is 0 Å². The SMILES string of the molecule is O=C1CCCCC(=O)N1F. The van der Waals surface area contributed by atoms with Gasteiger partial charge in [0, 0.05) is 12.8 Å². The zero-order chi connectivity index (χ0) is 7.56. The first-order valence-electron chi connectivity index (χ1n) is 3.23. The molecule has 1 fully saturated rings. The fourth-order valence-corrected chi connectivity index (χ4v) is 0.888. The van der Waals surface area contributed by atoms with Crippen LogP contribution in [0.5, 0.6) is 0 Å². The molecule has 1 rings (SSSR count). The number of rotatable bonds is 0. The normalized spacial score (nSPS) is 21.1. The minimum absolute atomic E-state index is 0.155. The van der Waals surface area contributed by atoms with Crippen molar-refractivity contribution in [3.05, 3.63) is 0 Å². The molecular weight excluding hydrogens is 137 g/mol. The molecule has 0 atom stereocenters. The van der Waals surface area contributed by atoms with E-state index >= 15 is 0 Å². The van der Waals surface area contributed by atoms with Crippen LogP contribution in [0.15, 0.2) is 0 Å². The molecule has 0 saturated carbocycles. The van der Waals surface area contributed by atoms with E-state index in [1.807, 2.05) is 0 Å². The van der Waals surface area contributed by atoms with Crippen molar-refractivity contribution in [3.8, 4) is 0 Å². The maximum absolute atomic E-state index is 12.4. The number of amides is 2. The minimum Gasteiger partial charge on any atom is -0.272 e. The van der Waals surface area contributed by atoms with Gasteiger partial charge < -0.3 is 0 Å². The van der Waals surface area contributed by atoms with Gasteiger partial charge in [-0.3, -0.25) is 9.59 Å². The number of hydrogen-bond donors (Lipinski definition) is 0. The van der Waals surface area contributed by atoms with Crippen LogP contribution in [0.25, 0.3) is 0 Å². The van der Waals surface area contributed by atoms with E-state index in [1.54, 1.807) is 0 Å². The maximum Gasteiger partial charge on any atom is 0.258 e. The summed E-state index contributed by atoms with van der Waals surface area (Å²) in [6, 6.07) is 0. The highest BCUT2D eigenvalue weighted by Crippen LogP contribution is 2.11. The Kier molecular flexibility index (Phi) is 1.99. The second kappa shape index (κ2) is 2.77. The second-order valence-electron chi connectivity index (χ2n) is 2.28. The molecule has 4 heteroatoms. The highest BCUT2D eigenvalue weighted by atomic mass is 19.2. The molecule has 0 aromatic carbocycles. The Morgan fingerprint density at radius 2 is 1.50 bits per heavy atom. The molecule has 56 valence electrons. The molecule has 0 bridgehead atoms. The summed E-state index contributed by atoms with van der Waals surface area (Å²) in [7, 11) is 0. The standard InChI is InChI=1S/C6H8FNO2/c7-8-5(9)3-1-2-4-6(8)10/h1-4H2. The summed E-state index contributed by atoms with van der Waals surface area (Å²) in [6.07, 6.45) is 1.54. The molecule has 1 aliphatic rings. The van der Waals surface area contributed by atoms with Crippen LogP contribution in [0.2, 0.25) is 0 Å². The summed E-state index contributed by atoms with van der Waals surface area (Å²) in [5, 5.41) is -0.271. The summed E-state index contributed by atoms with van der Waals surface area (Å²) in [4.78, 5) is 21.1. The Labute approximate surface area is 57.7 Å². The van der Waals surface area contributed by atoms with E-state index in [9.17, 15) is 14.1 Å². The first kappa shape index (κ1) is 7.18. The quantitative estimate of drug-likeness (QED) is 0.373. The average Bonchev–Trinajstić information content (AvgIpc) is 2.04. The highest BCUT2D eigenvalue weighted by Gasteiger charge is 2.23. The molecule has 10 heavy (non-hydrogen) atoms. The topological polar surface area (TPSA) is 37.4 Å². The van der Waals surface area contributed by atoms with Crippen LogP contribution in [0.4, 0.5) is 4.48 Å². The Hall–Kier alpha value is -0.930. The zero-order valence-corrected chi connectivity index (χ0v) is 5.47. The molecule has 0 radical (unpaired) electrons. The lowest BCUT2D eigenvalue weighted by atomic mass is 10.2. The lowest BCUT2D eigenvalue weighted by Gasteiger charge is -2.03. The first-order valence-corrected chi connectivity index (χ1v) is 3.23. The van der Waals surface area contributed by atoms with Crippen molar-refractivity contribution in [1.82, 2.24) is 5.12 Å². The van der Waals surface area contributed by atoms with Crippen LogP contribution < -0.4 is 0 Å². The minimum atomic E-state index is -0.706. The third kappa shape index (κ3) is 1.32.